The van der Waals surface area contributed by atoms with Gasteiger partial charge >= 0.3 is 0 Å². The second-order valence-electron chi connectivity index (χ2n) is 3.73. The number of rotatable bonds is 2. The van der Waals surface area contributed by atoms with Crippen molar-refractivity contribution in [2.45, 2.75) is 32.7 Å². The highest BCUT2D eigenvalue weighted by Crippen LogP contribution is 2.31. The maximum atomic E-state index is 9.85. The van der Waals surface area contributed by atoms with Gasteiger partial charge in [0.05, 0.1) is 0 Å². The monoisotopic (exact) mass is 179 g/mol. The van der Waals surface area contributed by atoms with Gasteiger partial charge < -0.3 is 10.8 Å². The Morgan fingerprint density at radius 3 is 2.15 bits per heavy atom. The molecule has 0 amide bonds. The van der Waals surface area contributed by atoms with E-state index < -0.39 is 0 Å². The average Bonchev–Trinajstić information content (AvgIpc) is 2.03. The van der Waals surface area contributed by atoms with Gasteiger partial charge in [0.1, 0.15) is 5.75 Å². The first-order chi connectivity index (χ1) is 6.04. The Morgan fingerprint density at radius 1 is 1.15 bits per heavy atom. The van der Waals surface area contributed by atoms with Crippen LogP contribution in [0.5, 0.6) is 5.75 Å². The number of phenolic OH excluding ortho intramolecular Hbond substituents is 1. The molecule has 0 fully saturated rings. The minimum absolute atomic E-state index is 0.112. The predicted octanol–water partition coefficient (Wildman–Crippen LogP) is 2.54. The Balaban J connectivity index is 3.18. The van der Waals surface area contributed by atoms with Crippen LogP contribution in [-0.2, 0) is 0 Å². The van der Waals surface area contributed by atoms with Crippen LogP contribution < -0.4 is 5.73 Å². The van der Waals surface area contributed by atoms with E-state index in [1.165, 1.54) is 0 Å². The minimum atomic E-state index is -0.112. The van der Waals surface area contributed by atoms with E-state index in [4.69, 9.17) is 5.73 Å². The number of hydrogen-bond donors (Lipinski definition) is 2. The number of benzene rings is 1. The van der Waals surface area contributed by atoms with Gasteiger partial charge in [0.25, 0.3) is 0 Å². The molecule has 0 unspecified atom stereocenters. The summed E-state index contributed by atoms with van der Waals surface area (Å²) in [6, 6.07) is 5.63. The molecule has 2 nitrogen and oxygen atoms in total. The summed E-state index contributed by atoms with van der Waals surface area (Å²) in [6.45, 7) is 5.99. The van der Waals surface area contributed by atoms with Gasteiger partial charge in [-0.15, -0.1) is 0 Å². The number of aromatic hydroxyl groups is 1. The van der Waals surface area contributed by atoms with Gasteiger partial charge in [-0.05, 0) is 18.4 Å². The van der Waals surface area contributed by atoms with Crippen LogP contribution in [0.25, 0.3) is 0 Å². The van der Waals surface area contributed by atoms with Gasteiger partial charge in [0.15, 0.2) is 0 Å². The normalized spacial score (nSPS) is 13.3. The third kappa shape index (κ3) is 2.01. The molecular formula is C11H17NO. The van der Waals surface area contributed by atoms with Crippen LogP contribution in [0.4, 0.5) is 0 Å². The summed E-state index contributed by atoms with van der Waals surface area (Å²) >= 11 is 0. The Morgan fingerprint density at radius 2 is 1.69 bits per heavy atom. The summed E-state index contributed by atoms with van der Waals surface area (Å²) in [5.74, 6) is 0.686. The molecule has 0 radical (unpaired) electrons. The van der Waals surface area contributed by atoms with Crippen LogP contribution in [-0.4, -0.2) is 5.11 Å². The summed E-state index contributed by atoms with van der Waals surface area (Å²) in [5.41, 5.74) is 7.52. The second-order valence-corrected chi connectivity index (χ2v) is 3.73. The molecule has 1 atom stereocenters. The van der Waals surface area contributed by atoms with Gasteiger partial charge in [-0.3, -0.25) is 0 Å². The van der Waals surface area contributed by atoms with Gasteiger partial charge in [-0.25, -0.2) is 0 Å². The molecule has 0 aliphatic rings. The Bertz CT molecular complexity index is 266. The summed E-state index contributed by atoms with van der Waals surface area (Å²) in [6.07, 6.45) is 0. The first-order valence-electron chi connectivity index (χ1n) is 4.61. The Kier molecular flexibility index (Phi) is 2.94. The molecule has 3 N–H and O–H groups in total. The zero-order valence-electron chi connectivity index (χ0n) is 8.41. The molecule has 0 saturated carbocycles. The highest BCUT2D eigenvalue weighted by molar-refractivity contribution is 5.43. The second kappa shape index (κ2) is 3.79. The summed E-state index contributed by atoms with van der Waals surface area (Å²) in [4.78, 5) is 0. The maximum absolute atomic E-state index is 9.85. The van der Waals surface area contributed by atoms with Crippen molar-refractivity contribution in [1.29, 1.82) is 0 Å². The van der Waals surface area contributed by atoms with E-state index in [0.29, 0.717) is 11.7 Å². The lowest BCUT2D eigenvalue weighted by Crippen LogP contribution is -2.06. The van der Waals surface area contributed by atoms with Crippen molar-refractivity contribution in [3.63, 3.8) is 0 Å². The van der Waals surface area contributed by atoms with E-state index in [2.05, 4.69) is 13.8 Å². The van der Waals surface area contributed by atoms with Crippen LogP contribution in [0.1, 0.15) is 43.9 Å². The van der Waals surface area contributed by atoms with Crippen LogP contribution in [0.3, 0.4) is 0 Å². The topological polar surface area (TPSA) is 46.2 Å². The third-order valence-corrected chi connectivity index (χ3v) is 2.21. The molecule has 1 aromatic carbocycles. The lowest BCUT2D eigenvalue weighted by atomic mass is 9.97. The quantitative estimate of drug-likeness (QED) is 0.732. The minimum Gasteiger partial charge on any atom is -0.507 e. The zero-order chi connectivity index (χ0) is 10.0. The van der Waals surface area contributed by atoms with Crippen LogP contribution in [0, 0.1) is 0 Å². The van der Waals surface area contributed by atoms with Crippen LogP contribution in [0.15, 0.2) is 18.2 Å². The van der Waals surface area contributed by atoms with Crippen molar-refractivity contribution in [1.82, 2.24) is 0 Å². The number of hydrogen-bond acceptors (Lipinski definition) is 2. The van der Waals surface area contributed by atoms with E-state index in [1.807, 2.05) is 25.1 Å². The summed E-state index contributed by atoms with van der Waals surface area (Å²) in [7, 11) is 0. The fraction of sp³-hybridized carbons (Fsp3) is 0.455. The summed E-state index contributed by atoms with van der Waals surface area (Å²) < 4.78 is 0. The molecule has 0 saturated heterocycles. The SMILES string of the molecule is CC(C)c1cccc([C@@H](C)N)c1O. The van der Waals surface area contributed by atoms with Crippen molar-refractivity contribution < 1.29 is 5.11 Å². The van der Waals surface area contributed by atoms with E-state index in [-0.39, 0.29) is 6.04 Å². The lowest BCUT2D eigenvalue weighted by molar-refractivity contribution is 0.453. The van der Waals surface area contributed by atoms with Gasteiger partial charge in [0.2, 0.25) is 0 Å². The first-order valence-corrected chi connectivity index (χ1v) is 4.61. The third-order valence-electron chi connectivity index (χ3n) is 2.21. The molecule has 72 valence electrons. The Hall–Kier alpha value is -1.02. The smallest absolute Gasteiger partial charge is 0.123 e. The number of phenols is 1. The standard InChI is InChI=1S/C11H17NO/c1-7(2)9-5-4-6-10(8(3)12)11(9)13/h4-8,13H,12H2,1-3H3/t8-/m1/s1. The lowest BCUT2D eigenvalue weighted by Gasteiger charge is -2.14. The van der Waals surface area contributed by atoms with E-state index >= 15 is 0 Å². The molecule has 0 spiro atoms. The van der Waals surface area contributed by atoms with E-state index in [0.717, 1.165) is 11.1 Å². The molecule has 13 heavy (non-hydrogen) atoms. The highest BCUT2D eigenvalue weighted by atomic mass is 16.3. The predicted molar refractivity (Wildman–Crippen MR) is 54.8 cm³/mol. The average molecular weight is 179 g/mol. The molecule has 1 aromatic rings. The van der Waals surface area contributed by atoms with Gasteiger partial charge in [-0.1, -0.05) is 32.0 Å². The molecule has 0 aromatic heterocycles. The molecule has 2 heteroatoms. The number of nitrogens with two attached hydrogens (primary N) is 1. The molecule has 0 heterocycles. The fourth-order valence-electron chi connectivity index (χ4n) is 1.41. The van der Waals surface area contributed by atoms with E-state index in [9.17, 15) is 5.11 Å². The molecule has 0 bridgehead atoms. The van der Waals surface area contributed by atoms with Crippen molar-refractivity contribution >= 4 is 0 Å². The van der Waals surface area contributed by atoms with Gasteiger partial charge in [0, 0.05) is 11.6 Å². The van der Waals surface area contributed by atoms with E-state index in [1.54, 1.807) is 0 Å². The molecule has 0 aliphatic heterocycles. The van der Waals surface area contributed by atoms with Crippen molar-refractivity contribution in [3.8, 4) is 5.75 Å². The molecule has 0 aliphatic carbocycles. The Labute approximate surface area is 79.4 Å². The van der Waals surface area contributed by atoms with Crippen molar-refractivity contribution in [3.05, 3.63) is 29.3 Å². The van der Waals surface area contributed by atoms with Crippen LogP contribution in [0.2, 0.25) is 0 Å². The first kappa shape index (κ1) is 10.1. The highest BCUT2D eigenvalue weighted by Gasteiger charge is 2.11. The van der Waals surface area contributed by atoms with Crippen molar-refractivity contribution in [2.75, 3.05) is 0 Å². The number of para-hydroxylation sites is 1. The maximum Gasteiger partial charge on any atom is 0.123 e. The van der Waals surface area contributed by atoms with Crippen LogP contribution >= 0.6 is 0 Å². The molecule has 1 rings (SSSR count). The summed E-state index contributed by atoms with van der Waals surface area (Å²) in [5, 5.41) is 9.85. The van der Waals surface area contributed by atoms with Crippen molar-refractivity contribution in [2.24, 2.45) is 5.73 Å². The zero-order valence-corrected chi connectivity index (χ0v) is 8.41. The largest absolute Gasteiger partial charge is 0.507 e. The molecular weight excluding hydrogens is 162 g/mol. The van der Waals surface area contributed by atoms with Gasteiger partial charge in [-0.2, -0.15) is 0 Å². The fourth-order valence-corrected chi connectivity index (χ4v) is 1.41.